The van der Waals surface area contributed by atoms with Gasteiger partial charge in [0.1, 0.15) is 28.9 Å². The molecule has 0 bridgehead atoms. The molecule has 3 rings (SSSR count). The van der Waals surface area contributed by atoms with Crippen molar-refractivity contribution in [2.75, 3.05) is 5.75 Å². The molecule has 3 atom stereocenters. The Morgan fingerprint density at radius 2 is 2.15 bits per heavy atom. The van der Waals surface area contributed by atoms with Crippen molar-refractivity contribution < 1.29 is 24.6 Å². The van der Waals surface area contributed by atoms with Gasteiger partial charge in [-0.25, -0.2) is 4.79 Å². The van der Waals surface area contributed by atoms with Crippen molar-refractivity contribution in [2.45, 2.75) is 24.4 Å². The van der Waals surface area contributed by atoms with Gasteiger partial charge >= 0.3 is 5.97 Å². The van der Waals surface area contributed by atoms with E-state index in [0.717, 1.165) is 0 Å². The number of nitrogens with zero attached hydrogens (tertiary/aromatic N) is 1. The lowest BCUT2D eigenvalue weighted by Crippen LogP contribution is -2.71. The van der Waals surface area contributed by atoms with Crippen LogP contribution in [-0.2, 0) is 14.4 Å². The van der Waals surface area contributed by atoms with Crippen molar-refractivity contribution in [3.8, 4) is 5.75 Å². The van der Waals surface area contributed by atoms with E-state index in [2.05, 4.69) is 5.32 Å². The number of nitrogens with one attached hydrogen (secondary N) is 1. The summed E-state index contributed by atoms with van der Waals surface area (Å²) in [5.41, 5.74) is 6.87. The number of hydrogen-bond acceptors (Lipinski definition) is 6. The van der Waals surface area contributed by atoms with Crippen molar-refractivity contribution in [3.63, 3.8) is 0 Å². The monoisotopic (exact) mass is 397 g/mol. The summed E-state index contributed by atoms with van der Waals surface area (Å²) in [6, 6.07) is 2.24. The Bertz CT molecular complexity index is 843. The molecule has 0 aromatic heterocycles. The molecular weight excluding hydrogens is 382 g/mol. The molecular formula is C16H16ClN3O5S. The van der Waals surface area contributed by atoms with Crippen LogP contribution in [0.4, 0.5) is 0 Å². The molecule has 2 aliphatic rings. The summed E-state index contributed by atoms with van der Waals surface area (Å²) in [6.45, 7) is 1.66. The Balaban J connectivity index is 1.72. The Hall–Kier alpha value is -2.23. The molecule has 0 radical (unpaired) electrons. The number of carbonyl (C=O) groups is 3. The molecule has 138 valence electrons. The van der Waals surface area contributed by atoms with Crippen LogP contribution in [0.5, 0.6) is 5.75 Å². The van der Waals surface area contributed by atoms with E-state index in [-0.39, 0.29) is 16.5 Å². The molecule has 2 amide bonds. The molecule has 0 saturated carbocycles. The van der Waals surface area contributed by atoms with Gasteiger partial charge in [0.25, 0.3) is 5.91 Å². The van der Waals surface area contributed by atoms with Crippen LogP contribution < -0.4 is 11.1 Å². The van der Waals surface area contributed by atoms with Crippen molar-refractivity contribution in [3.05, 3.63) is 40.1 Å². The largest absolute Gasteiger partial charge is 0.506 e. The third-order valence-corrected chi connectivity index (χ3v) is 6.00. The fraction of sp³-hybridized carbons (Fsp3) is 0.312. The van der Waals surface area contributed by atoms with E-state index < -0.39 is 35.2 Å². The van der Waals surface area contributed by atoms with Crippen LogP contribution in [0.2, 0.25) is 5.02 Å². The molecule has 8 nitrogen and oxygen atoms in total. The Morgan fingerprint density at radius 3 is 2.77 bits per heavy atom. The number of carboxylic acid groups (broad SMARTS) is 1. The number of fused-ring (bicyclic) bond motifs is 1. The molecule has 1 fully saturated rings. The number of rotatable bonds is 4. The molecule has 2 unspecified atom stereocenters. The number of amides is 2. The maximum absolute atomic E-state index is 12.4. The van der Waals surface area contributed by atoms with Crippen LogP contribution in [0.15, 0.2) is 29.5 Å². The minimum Gasteiger partial charge on any atom is -0.506 e. The van der Waals surface area contributed by atoms with Crippen molar-refractivity contribution in [2.24, 2.45) is 5.73 Å². The molecule has 26 heavy (non-hydrogen) atoms. The lowest BCUT2D eigenvalue weighted by molar-refractivity contribution is -0.150. The summed E-state index contributed by atoms with van der Waals surface area (Å²) < 4.78 is 0. The number of hydrogen-bond donors (Lipinski definition) is 4. The summed E-state index contributed by atoms with van der Waals surface area (Å²) in [5, 5.41) is 20.9. The number of aliphatic carboxylic acids is 1. The fourth-order valence-electron chi connectivity index (χ4n) is 2.89. The zero-order valence-electron chi connectivity index (χ0n) is 13.6. The summed E-state index contributed by atoms with van der Waals surface area (Å²) in [7, 11) is 0. The van der Waals surface area contributed by atoms with E-state index in [1.165, 1.54) is 34.9 Å². The van der Waals surface area contributed by atoms with Gasteiger partial charge in [0.15, 0.2) is 0 Å². The topological polar surface area (TPSA) is 133 Å². The van der Waals surface area contributed by atoms with Crippen LogP contribution >= 0.6 is 23.4 Å². The second-order valence-corrected chi connectivity index (χ2v) is 7.53. The summed E-state index contributed by atoms with van der Waals surface area (Å²) in [4.78, 5) is 37.3. The fourth-order valence-corrected chi connectivity index (χ4v) is 4.37. The number of β-lactam (4-membered cyclic amide) rings is 1. The van der Waals surface area contributed by atoms with Gasteiger partial charge in [-0.2, -0.15) is 0 Å². The van der Waals surface area contributed by atoms with Crippen molar-refractivity contribution in [1.29, 1.82) is 0 Å². The minimum atomic E-state index is -1.17. The second kappa shape index (κ2) is 6.82. The number of benzene rings is 1. The highest BCUT2D eigenvalue weighted by Gasteiger charge is 2.53. The predicted molar refractivity (Wildman–Crippen MR) is 95.4 cm³/mol. The zero-order chi connectivity index (χ0) is 19.2. The highest BCUT2D eigenvalue weighted by molar-refractivity contribution is 8.00. The predicted octanol–water partition coefficient (Wildman–Crippen LogP) is 0.804. The van der Waals surface area contributed by atoms with Crippen LogP contribution in [-0.4, -0.2) is 50.1 Å². The second-order valence-electron chi connectivity index (χ2n) is 6.02. The minimum absolute atomic E-state index is 0.0288. The number of carbonyl (C=O) groups excluding carboxylic acids is 2. The lowest BCUT2D eigenvalue weighted by Gasteiger charge is -2.49. The van der Waals surface area contributed by atoms with E-state index in [1.807, 2.05) is 0 Å². The Labute approximate surface area is 158 Å². The Kier molecular flexibility index (Phi) is 4.87. The number of carboxylic acids is 1. The first-order valence-electron chi connectivity index (χ1n) is 7.64. The van der Waals surface area contributed by atoms with Gasteiger partial charge in [-0.1, -0.05) is 17.7 Å². The number of phenolic OH excluding ortho intramolecular Hbond substituents is 1. The average molecular weight is 398 g/mol. The van der Waals surface area contributed by atoms with Gasteiger partial charge in [0, 0.05) is 5.75 Å². The van der Waals surface area contributed by atoms with Crippen LogP contribution in [0.1, 0.15) is 18.5 Å². The van der Waals surface area contributed by atoms with E-state index >= 15 is 0 Å². The van der Waals surface area contributed by atoms with Crippen LogP contribution in [0.3, 0.4) is 0 Å². The smallest absolute Gasteiger partial charge is 0.352 e. The first-order valence-corrected chi connectivity index (χ1v) is 9.07. The lowest BCUT2D eigenvalue weighted by atomic mass is 10.0. The first kappa shape index (κ1) is 18.6. The van der Waals surface area contributed by atoms with Crippen LogP contribution in [0.25, 0.3) is 0 Å². The van der Waals surface area contributed by atoms with Gasteiger partial charge in [-0.15, -0.1) is 11.8 Å². The molecule has 1 aromatic rings. The van der Waals surface area contributed by atoms with Gasteiger partial charge in [0.05, 0.1) is 5.02 Å². The average Bonchev–Trinajstić information content (AvgIpc) is 2.60. The van der Waals surface area contributed by atoms with Crippen molar-refractivity contribution in [1.82, 2.24) is 10.2 Å². The number of aromatic hydroxyl groups is 1. The number of thioether (sulfide) groups is 1. The first-order chi connectivity index (χ1) is 12.2. The van der Waals surface area contributed by atoms with Gasteiger partial charge in [-0.3, -0.25) is 14.5 Å². The van der Waals surface area contributed by atoms with E-state index in [9.17, 15) is 24.6 Å². The van der Waals surface area contributed by atoms with E-state index in [1.54, 1.807) is 6.92 Å². The Morgan fingerprint density at radius 1 is 1.46 bits per heavy atom. The third kappa shape index (κ3) is 3.02. The highest BCUT2D eigenvalue weighted by atomic mass is 35.5. The summed E-state index contributed by atoms with van der Waals surface area (Å²) >= 11 is 7.20. The van der Waals surface area contributed by atoms with Gasteiger partial charge in [0.2, 0.25) is 5.91 Å². The van der Waals surface area contributed by atoms with Gasteiger partial charge in [-0.05, 0) is 30.2 Å². The number of nitrogens with two attached hydrogens (primary N) is 1. The maximum Gasteiger partial charge on any atom is 0.352 e. The molecule has 2 aliphatic heterocycles. The zero-order valence-corrected chi connectivity index (χ0v) is 15.2. The SMILES string of the molecule is CC1=C(C(=O)O)N2C(=O)C(NC(=O)C(N)c3ccc(O)c(Cl)c3)[C@@H]2SC1. The normalized spacial score (nSPS) is 23.2. The third-order valence-electron chi connectivity index (χ3n) is 4.27. The summed E-state index contributed by atoms with van der Waals surface area (Å²) in [5.74, 6) is -1.91. The van der Waals surface area contributed by atoms with E-state index in [0.29, 0.717) is 16.9 Å². The van der Waals surface area contributed by atoms with Crippen molar-refractivity contribution >= 4 is 41.1 Å². The summed E-state index contributed by atoms with van der Waals surface area (Å²) in [6.07, 6.45) is 0. The number of halogens is 1. The maximum atomic E-state index is 12.4. The van der Waals surface area contributed by atoms with Gasteiger partial charge < -0.3 is 21.3 Å². The highest BCUT2D eigenvalue weighted by Crippen LogP contribution is 2.40. The molecule has 2 heterocycles. The molecule has 5 N–H and O–H groups in total. The molecule has 10 heteroatoms. The molecule has 1 aromatic carbocycles. The quantitative estimate of drug-likeness (QED) is 0.552. The molecule has 0 aliphatic carbocycles. The standard InChI is InChI=1S/C16H16ClN3O5S/c1-6-5-26-15-11(14(23)20(15)12(6)16(24)25)19-13(22)10(18)7-2-3-9(21)8(17)4-7/h2-4,10-11,15,21H,5,18H2,1H3,(H,19,22)(H,24,25)/t10?,11?,15-/m0/s1. The molecule has 1 saturated heterocycles. The molecule has 0 spiro atoms. The van der Waals surface area contributed by atoms with Crippen LogP contribution in [0, 0.1) is 0 Å². The van der Waals surface area contributed by atoms with E-state index in [4.69, 9.17) is 17.3 Å². The number of phenols is 1.